The molecule has 0 spiro atoms. The molecule has 1 aliphatic rings. The minimum atomic E-state index is 0.368. The zero-order chi connectivity index (χ0) is 14.5. The number of rotatable bonds is 7. The molecule has 0 aliphatic heterocycles. The van der Waals surface area contributed by atoms with Crippen LogP contribution in [-0.2, 0) is 11.8 Å². The lowest BCUT2D eigenvalue weighted by molar-refractivity contribution is 0.163. The summed E-state index contributed by atoms with van der Waals surface area (Å²) in [7, 11) is 0. The first kappa shape index (κ1) is 14.8. The van der Waals surface area contributed by atoms with Crippen molar-refractivity contribution in [2.24, 2.45) is 0 Å². The number of nitrogens with one attached hydrogen (secondary N) is 1. The molecule has 1 aromatic heterocycles. The van der Waals surface area contributed by atoms with Gasteiger partial charge in [0.1, 0.15) is 0 Å². The fourth-order valence-electron chi connectivity index (χ4n) is 3.73. The Morgan fingerprint density at radius 1 is 1.19 bits per heavy atom. The molecule has 112 valence electrons. The lowest BCUT2D eigenvalue weighted by atomic mass is 9.59. The molecule has 1 fully saturated rings. The number of hydrogen-bond acceptors (Lipinski definition) is 2. The second-order valence-electron chi connectivity index (χ2n) is 6.16. The fraction of sp³-hybridized carbons (Fsp3) is 0.474. The van der Waals surface area contributed by atoms with E-state index in [1.54, 1.807) is 0 Å². The van der Waals surface area contributed by atoms with E-state index < -0.39 is 0 Å². The van der Waals surface area contributed by atoms with Gasteiger partial charge in [0.25, 0.3) is 0 Å². The van der Waals surface area contributed by atoms with E-state index in [1.807, 2.05) is 11.3 Å². The van der Waals surface area contributed by atoms with Crippen LogP contribution in [0.4, 0.5) is 0 Å². The first-order valence-electron chi connectivity index (χ1n) is 8.15. The lowest BCUT2D eigenvalue weighted by Gasteiger charge is -2.49. The van der Waals surface area contributed by atoms with Crippen molar-refractivity contribution in [1.29, 1.82) is 0 Å². The molecule has 21 heavy (non-hydrogen) atoms. The van der Waals surface area contributed by atoms with Crippen molar-refractivity contribution in [2.45, 2.75) is 50.5 Å². The van der Waals surface area contributed by atoms with Crippen molar-refractivity contribution in [3.05, 3.63) is 58.3 Å². The van der Waals surface area contributed by atoms with Crippen LogP contribution in [0.3, 0.4) is 0 Å². The van der Waals surface area contributed by atoms with Crippen molar-refractivity contribution in [3.8, 4) is 0 Å². The topological polar surface area (TPSA) is 12.0 Å². The van der Waals surface area contributed by atoms with Crippen LogP contribution in [0.15, 0.2) is 47.2 Å². The average molecular weight is 299 g/mol. The molecule has 0 saturated heterocycles. The van der Waals surface area contributed by atoms with Crippen molar-refractivity contribution in [1.82, 2.24) is 5.32 Å². The number of hydrogen-bond donors (Lipinski definition) is 1. The molecular weight excluding hydrogens is 274 g/mol. The molecule has 1 nitrogen and oxygen atoms in total. The normalized spacial score (nSPS) is 18.1. The first-order chi connectivity index (χ1) is 10.3. The van der Waals surface area contributed by atoms with Crippen LogP contribution in [-0.4, -0.2) is 12.6 Å². The Kier molecular flexibility index (Phi) is 4.77. The van der Waals surface area contributed by atoms with Gasteiger partial charge in [0, 0.05) is 11.5 Å². The van der Waals surface area contributed by atoms with Gasteiger partial charge in [-0.25, -0.2) is 0 Å². The lowest BCUT2D eigenvalue weighted by Crippen LogP contribution is -2.53. The van der Waals surface area contributed by atoms with E-state index in [1.165, 1.54) is 43.2 Å². The summed E-state index contributed by atoms with van der Waals surface area (Å²) in [5, 5.41) is 8.27. The second kappa shape index (κ2) is 6.76. The Morgan fingerprint density at radius 3 is 2.57 bits per heavy atom. The summed E-state index contributed by atoms with van der Waals surface area (Å²) >= 11 is 1.81. The Balaban J connectivity index is 1.77. The highest BCUT2D eigenvalue weighted by molar-refractivity contribution is 7.07. The van der Waals surface area contributed by atoms with Gasteiger partial charge in [-0.05, 0) is 60.2 Å². The molecule has 1 N–H and O–H groups in total. The van der Waals surface area contributed by atoms with E-state index in [-0.39, 0.29) is 0 Å². The molecule has 0 bridgehead atoms. The van der Waals surface area contributed by atoms with Crippen molar-refractivity contribution >= 4 is 11.3 Å². The van der Waals surface area contributed by atoms with Crippen LogP contribution in [0.1, 0.15) is 43.7 Å². The third kappa shape index (κ3) is 3.07. The number of aryl methyl sites for hydroxylation is 1. The quantitative estimate of drug-likeness (QED) is 0.776. The van der Waals surface area contributed by atoms with Gasteiger partial charge in [0.05, 0.1) is 0 Å². The maximum atomic E-state index is 3.79. The Hall–Kier alpha value is -1.12. The zero-order valence-corrected chi connectivity index (χ0v) is 13.7. The Labute approximate surface area is 132 Å². The predicted octanol–water partition coefficient (Wildman–Crippen LogP) is 4.78. The molecule has 0 amide bonds. The van der Waals surface area contributed by atoms with E-state index in [0.717, 1.165) is 6.54 Å². The average Bonchev–Trinajstić information content (AvgIpc) is 2.98. The molecule has 0 radical (unpaired) electrons. The molecule has 1 atom stereocenters. The maximum Gasteiger partial charge on any atom is 0.0167 e. The van der Waals surface area contributed by atoms with Crippen LogP contribution in [0.2, 0.25) is 0 Å². The molecule has 1 heterocycles. The summed E-state index contributed by atoms with van der Waals surface area (Å²) in [6.07, 6.45) is 6.46. The van der Waals surface area contributed by atoms with Crippen molar-refractivity contribution in [2.75, 3.05) is 6.54 Å². The molecule has 2 aromatic rings. The van der Waals surface area contributed by atoms with E-state index in [9.17, 15) is 0 Å². The highest BCUT2D eigenvalue weighted by Crippen LogP contribution is 2.47. The van der Waals surface area contributed by atoms with Gasteiger partial charge in [0.2, 0.25) is 0 Å². The van der Waals surface area contributed by atoms with Gasteiger partial charge >= 0.3 is 0 Å². The summed E-state index contributed by atoms with van der Waals surface area (Å²) in [5.41, 5.74) is 3.39. The third-order valence-electron chi connectivity index (χ3n) is 5.01. The highest BCUT2D eigenvalue weighted by Gasteiger charge is 2.44. The zero-order valence-electron chi connectivity index (χ0n) is 12.8. The molecule has 2 heteroatoms. The maximum absolute atomic E-state index is 3.79. The molecule has 1 aromatic carbocycles. The SMILES string of the molecule is CCNC(CCc1ccsc1)C1(c2ccccc2)CCC1. The fourth-order valence-corrected chi connectivity index (χ4v) is 4.44. The van der Waals surface area contributed by atoms with Gasteiger partial charge in [-0.1, -0.05) is 43.7 Å². The van der Waals surface area contributed by atoms with E-state index in [2.05, 4.69) is 59.4 Å². The van der Waals surface area contributed by atoms with Crippen LogP contribution in [0.5, 0.6) is 0 Å². The van der Waals surface area contributed by atoms with Crippen LogP contribution >= 0.6 is 11.3 Å². The van der Waals surface area contributed by atoms with Gasteiger partial charge in [0.15, 0.2) is 0 Å². The predicted molar refractivity (Wildman–Crippen MR) is 92.1 cm³/mol. The minimum Gasteiger partial charge on any atom is -0.313 e. The number of benzene rings is 1. The summed E-state index contributed by atoms with van der Waals surface area (Å²) in [5.74, 6) is 0. The third-order valence-corrected chi connectivity index (χ3v) is 5.75. The molecule has 1 aliphatic carbocycles. The van der Waals surface area contributed by atoms with Crippen molar-refractivity contribution < 1.29 is 0 Å². The molecular formula is C19H25NS. The minimum absolute atomic E-state index is 0.368. The van der Waals surface area contributed by atoms with Gasteiger partial charge in [-0.15, -0.1) is 0 Å². The summed E-state index contributed by atoms with van der Waals surface area (Å²) < 4.78 is 0. The van der Waals surface area contributed by atoms with E-state index >= 15 is 0 Å². The van der Waals surface area contributed by atoms with Crippen LogP contribution < -0.4 is 5.32 Å². The second-order valence-corrected chi connectivity index (χ2v) is 6.94. The smallest absolute Gasteiger partial charge is 0.0167 e. The van der Waals surface area contributed by atoms with Gasteiger partial charge < -0.3 is 5.32 Å². The van der Waals surface area contributed by atoms with Crippen LogP contribution in [0, 0.1) is 0 Å². The standard InChI is InChI=1S/C19H25NS/c1-2-20-18(10-9-16-11-14-21-15-16)19(12-6-13-19)17-7-4-3-5-8-17/h3-5,7-8,11,14-15,18,20H,2,6,9-10,12-13H2,1H3. The summed E-state index contributed by atoms with van der Waals surface area (Å²) in [6.45, 7) is 3.29. The number of likely N-dealkylation sites (N-methyl/N-ethyl adjacent to an activating group) is 1. The molecule has 3 rings (SSSR count). The molecule has 1 unspecified atom stereocenters. The molecule has 1 saturated carbocycles. The van der Waals surface area contributed by atoms with Gasteiger partial charge in [-0.3, -0.25) is 0 Å². The summed E-state index contributed by atoms with van der Waals surface area (Å²) in [6, 6.07) is 14.0. The summed E-state index contributed by atoms with van der Waals surface area (Å²) in [4.78, 5) is 0. The Bertz CT molecular complexity index is 528. The largest absolute Gasteiger partial charge is 0.313 e. The first-order valence-corrected chi connectivity index (χ1v) is 9.09. The highest BCUT2D eigenvalue weighted by atomic mass is 32.1. The van der Waals surface area contributed by atoms with Gasteiger partial charge in [-0.2, -0.15) is 11.3 Å². The number of thiophene rings is 1. The van der Waals surface area contributed by atoms with E-state index in [4.69, 9.17) is 0 Å². The monoisotopic (exact) mass is 299 g/mol. The van der Waals surface area contributed by atoms with E-state index in [0.29, 0.717) is 11.5 Å². The van der Waals surface area contributed by atoms with Crippen molar-refractivity contribution in [3.63, 3.8) is 0 Å². The Morgan fingerprint density at radius 2 is 2.00 bits per heavy atom. The van der Waals surface area contributed by atoms with Crippen LogP contribution in [0.25, 0.3) is 0 Å².